The smallest absolute Gasteiger partial charge is 0.00461 e. The molecule has 1 heteroatoms. The van der Waals surface area contributed by atoms with Gasteiger partial charge in [-0.25, -0.2) is 0 Å². The fraction of sp³-hybridized carbons (Fsp3) is 0.684. The lowest BCUT2D eigenvalue weighted by Crippen LogP contribution is -2.35. The van der Waals surface area contributed by atoms with Gasteiger partial charge in [0, 0.05) is 0 Å². The summed E-state index contributed by atoms with van der Waals surface area (Å²) in [6.07, 6.45) is 9.16. The maximum Gasteiger partial charge on any atom is -0.00461 e. The molecule has 1 saturated carbocycles. The van der Waals surface area contributed by atoms with Gasteiger partial charge in [0.25, 0.3) is 0 Å². The molecule has 0 bridgehead atoms. The van der Waals surface area contributed by atoms with E-state index in [2.05, 4.69) is 32.0 Å². The van der Waals surface area contributed by atoms with Gasteiger partial charge in [0.05, 0.1) is 0 Å². The van der Waals surface area contributed by atoms with Crippen LogP contribution in [0.1, 0.15) is 56.2 Å². The Kier molecular flexibility index (Phi) is 3.90. The van der Waals surface area contributed by atoms with Gasteiger partial charge in [-0.05, 0) is 85.4 Å². The van der Waals surface area contributed by atoms with Crippen molar-refractivity contribution < 1.29 is 0 Å². The number of hydrogen-bond acceptors (Lipinski definition) is 1. The molecule has 0 amide bonds. The molecule has 1 aromatic rings. The molecular formula is C19H29N. The normalized spacial score (nSPS) is 28.4. The minimum Gasteiger partial charge on any atom is -0.330 e. The fourth-order valence-electron chi connectivity index (χ4n) is 4.39. The van der Waals surface area contributed by atoms with Crippen LogP contribution in [0.3, 0.4) is 0 Å². The number of nitrogens with two attached hydrogens (primary N) is 1. The van der Waals surface area contributed by atoms with E-state index in [-0.39, 0.29) is 0 Å². The highest BCUT2D eigenvalue weighted by Gasteiger charge is 2.34. The molecule has 0 aromatic heterocycles. The second-order valence-electron chi connectivity index (χ2n) is 7.82. The highest BCUT2D eigenvalue weighted by Crippen LogP contribution is 2.43. The van der Waals surface area contributed by atoms with Gasteiger partial charge in [-0.2, -0.15) is 0 Å². The number of hydrogen-bond donors (Lipinski definition) is 1. The Balaban J connectivity index is 1.74. The van der Waals surface area contributed by atoms with E-state index in [9.17, 15) is 0 Å². The summed E-state index contributed by atoms with van der Waals surface area (Å²) in [6, 6.07) is 7.24. The van der Waals surface area contributed by atoms with E-state index in [0.29, 0.717) is 5.41 Å². The van der Waals surface area contributed by atoms with Gasteiger partial charge in [-0.1, -0.05) is 32.0 Å². The van der Waals surface area contributed by atoms with E-state index in [1.54, 1.807) is 16.7 Å². The van der Waals surface area contributed by atoms with Crippen LogP contribution in [-0.4, -0.2) is 6.54 Å². The summed E-state index contributed by atoms with van der Waals surface area (Å²) in [6.45, 7) is 5.72. The maximum atomic E-state index is 6.03. The van der Waals surface area contributed by atoms with E-state index in [1.807, 2.05) is 0 Å². The minimum atomic E-state index is 0.507. The average molecular weight is 271 g/mol. The number of aryl methyl sites for hydroxylation is 2. The molecule has 0 radical (unpaired) electrons. The Morgan fingerprint density at radius 2 is 1.95 bits per heavy atom. The van der Waals surface area contributed by atoms with Crippen molar-refractivity contribution in [2.45, 2.75) is 58.8 Å². The maximum absolute atomic E-state index is 6.03. The first-order chi connectivity index (χ1) is 9.57. The van der Waals surface area contributed by atoms with Gasteiger partial charge in [-0.3, -0.25) is 0 Å². The topological polar surface area (TPSA) is 26.0 Å². The minimum absolute atomic E-state index is 0.507. The molecule has 2 aliphatic rings. The van der Waals surface area contributed by atoms with Crippen LogP contribution in [-0.2, 0) is 19.3 Å². The van der Waals surface area contributed by atoms with Crippen LogP contribution >= 0.6 is 0 Å². The quantitative estimate of drug-likeness (QED) is 0.879. The van der Waals surface area contributed by atoms with Crippen molar-refractivity contribution in [1.82, 2.24) is 0 Å². The van der Waals surface area contributed by atoms with Gasteiger partial charge in [0.15, 0.2) is 0 Å². The van der Waals surface area contributed by atoms with Gasteiger partial charge >= 0.3 is 0 Å². The second kappa shape index (κ2) is 5.52. The largest absolute Gasteiger partial charge is 0.330 e. The van der Waals surface area contributed by atoms with Gasteiger partial charge < -0.3 is 5.73 Å². The van der Waals surface area contributed by atoms with Gasteiger partial charge in [0.2, 0.25) is 0 Å². The summed E-state index contributed by atoms with van der Waals surface area (Å²) < 4.78 is 0. The molecule has 0 saturated heterocycles. The molecule has 1 fully saturated rings. The first kappa shape index (κ1) is 14.1. The van der Waals surface area contributed by atoms with Crippen LogP contribution in [0.4, 0.5) is 0 Å². The third-order valence-electron chi connectivity index (χ3n) is 5.64. The van der Waals surface area contributed by atoms with Crippen LogP contribution in [0.2, 0.25) is 0 Å². The SMILES string of the molecule is CC1(C)CCC(CN)C(Cc2ccc3c(c2)CCC3)C1. The van der Waals surface area contributed by atoms with Gasteiger partial charge in [-0.15, -0.1) is 0 Å². The van der Waals surface area contributed by atoms with Crippen molar-refractivity contribution in [2.24, 2.45) is 23.0 Å². The van der Waals surface area contributed by atoms with Crippen molar-refractivity contribution in [3.8, 4) is 0 Å². The first-order valence-corrected chi connectivity index (χ1v) is 8.38. The molecule has 0 spiro atoms. The highest BCUT2D eigenvalue weighted by molar-refractivity contribution is 5.35. The lowest BCUT2D eigenvalue weighted by molar-refractivity contribution is 0.121. The third kappa shape index (κ3) is 2.93. The Bertz CT molecular complexity index is 475. The Morgan fingerprint density at radius 1 is 1.15 bits per heavy atom. The molecule has 110 valence electrons. The van der Waals surface area contributed by atoms with E-state index < -0.39 is 0 Å². The number of benzene rings is 1. The van der Waals surface area contributed by atoms with Crippen molar-refractivity contribution in [3.05, 3.63) is 34.9 Å². The average Bonchev–Trinajstić information content (AvgIpc) is 2.85. The van der Waals surface area contributed by atoms with Crippen LogP contribution < -0.4 is 5.73 Å². The molecule has 2 atom stereocenters. The van der Waals surface area contributed by atoms with Crippen molar-refractivity contribution in [2.75, 3.05) is 6.54 Å². The molecule has 3 rings (SSSR count). The van der Waals surface area contributed by atoms with E-state index >= 15 is 0 Å². The Labute approximate surface area is 124 Å². The first-order valence-electron chi connectivity index (χ1n) is 8.38. The monoisotopic (exact) mass is 271 g/mol. The standard InChI is InChI=1S/C19H29N/c1-19(2)9-8-17(13-20)18(12-19)11-14-6-7-15-4-3-5-16(15)10-14/h6-7,10,17-18H,3-5,8-9,11-13,20H2,1-2H3. The molecule has 1 aromatic carbocycles. The molecule has 2 N–H and O–H groups in total. The molecule has 20 heavy (non-hydrogen) atoms. The van der Waals surface area contributed by atoms with Gasteiger partial charge in [0.1, 0.15) is 0 Å². The molecule has 1 nitrogen and oxygen atoms in total. The van der Waals surface area contributed by atoms with Crippen molar-refractivity contribution >= 4 is 0 Å². The Hall–Kier alpha value is -0.820. The summed E-state index contributed by atoms with van der Waals surface area (Å²) >= 11 is 0. The summed E-state index contributed by atoms with van der Waals surface area (Å²) in [4.78, 5) is 0. The molecule has 0 aliphatic heterocycles. The molecule has 2 unspecified atom stereocenters. The number of rotatable bonds is 3. The van der Waals surface area contributed by atoms with E-state index in [0.717, 1.165) is 18.4 Å². The van der Waals surface area contributed by atoms with E-state index in [4.69, 9.17) is 5.73 Å². The summed E-state index contributed by atoms with van der Waals surface area (Å²) in [5.41, 5.74) is 11.3. The summed E-state index contributed by atoms with van der Waals surface area (Å²) in [5, 5.41) is 0. The van der Waals surface area contributed by atoms with Crippen LogP contribution in [0.5, 0.6) is 0 Å². The van der Waals surface area contributed by atoms with Crippen LogP contribution in [0.25, 0.3) is 0 Å². The summed E-state index contributed by atoms with van der Waals surface area (Å²) in [7, 11) is 0. The lowest BCUT2D eigenvalue weighted by atomic mass is 9.65. The molecule has 0 heterocycles. The van der Waals surface area contributed by atoms with Crippen molar-refractivity contribution in [1.29, 1.82) is 0 Å². The van der Waals surface area contributed by atoms with Crippen LogP contribution in [0, 0.1) is 17.3 Å². The Morgan fingerprint density at radius 3 is 2.75 bits per heavy atom. The zero-order valence-electron chi connectivity index (χ0n) is 13.1. The zero-order valence-corrected chi connectivity index (χ0v) is 13.1. The van der Waals surface area contributed by atoms with Crippen molar-refractivity contribution in [3.63, 3.8) is 0 Å². The second-order valence-corrected chi connectivity index (χ2v) is 7.82. The molecule has 2 aliphatic carbocycles. The molecular weight excluding hydrogens is 242 g/mol. The predicted octanol–water partition coefficient (Wildman–Crippen LogP) is 4.12. The number of fused-ring (bicyclic) bond motifs is 1. The zero-order chi connectivity index (χ0) is 14.2. The fourth-order valence-corrected chi connectivity index (χ4v) is 4.39. The van der Waals surface area contributed by atoms with Crippen LogP contribution in [0.15, 0.2) is 18.2 Å². The predicted molar refractivity (Wildman–Crippen MR) is 85.8 cm³/mol. The summed E-state index contributed by atoms with van der Waals surface area (Å²) in [5.74, 6) is 1.51. The highest BCUT2D eigenvalue weighted by atomic mass is 14.6. The van der Waals surface area contributed by atoms with E-state index in [1.165, 1.54) is 44.9 Å². The third-order valence-corrected chi connectivity index (χ3v) is 5.64. The lowest BCUT2D eigenvalue weighted by Gasteiger charge is -2.40.